The fraction of sp³-hybridized carbons (Fsp3) is 0.500. The summed E-state index contributed by atoms with van der Waals surface area (Å²) >= 11 is 0. The molecule has 1 aliphatic carbocycles. The molecule has 1 saturated heterocycles. The molecule has 3 rings (SSSR count). The van der Waals surface area contributed by atoms with Gasteiger partial charge >= 0.3 is 0 Å². The first kappa shape index (κ1) is 10.9. The lowest BCUT2D eigenvalue weighted by molar-refractivity contribution is 0.0478. The van der Waals surface area contributed by atoms with Crippen LogP contribution in [0.2, 0.25) is 0 Å². The number of ether oxygens (including phenoxy) is 1. The Kier molecular flexibility index (Phi) is 2.95. The Labute approximate surface area is 101 Å². The number of fused-ring (bicyclic) bond motifs is 1. The molecule has 3 nitrogen and oxygen atoms in total. The minimum Gasteiger partial charge on any atom is -0.378 e. The monoisotopic (exact) mass is 231 g/mol. The van der Waals surface area contributed by atoms with Gasteiger partial charge in [0.15, 0.2) is 5.78 Å². The molecule has 2 unspecified atom stereocenters. The second-order valence-electron chi connectivity index (χ2n) is 4.80. The van der Waals surface area contributed by atoms with Gasteiger partial charge in [0, 0.05) is 24.1 Å². The lowest BCUT2D eigenvalue weighted by Crippen LogP contribution is -2.49. The van der Waals surface area contributed by atoms with Crippen LogP contribution in [-0.2, 0) is 11.2 Å². The quantitative estimate of drug-likeness (QED) is 0.794. The van der Waals surface area contributed by atoms with Gasteiger partial charge < -0.3 is 10.1 Å². The van der Waals surface area contributed by atoms with Crippen LogP contribution in [0.1, 0.15) is 22.3 Å². The average Bonchev–Trinajstić information content (AvgIpc) is 2.40. The third kappa shape index (κ3) is 2.01. The lowest BCUT2D eigenvalue weighted by Gasteiger charge is -2.33. The summed E-state index contributed by atoms with van der Waals surface area (Å²) in [4.78, 5) is 12.4. The standard InChI is InChI=1S/C14H17NO2/c16-14-11-4-2-1-3-10(11)5-6-12(14)13-9-17-8-7-15-13/h1-4,12-13,15H,5-9H2. The molecular formula is C14H17NO2. The zero-order valence-corrected chi connectivity index (χ0v) is 9.82. The van der Waals surface area contributed by atoms with Crippen molar-refractivity contribution < 1.29 is 9.53 Å². The molecule has 1 fully saturated rings. The van der Waals surface area contributed by atoms with Crippen LogP contribution in [0.25, 0.3) is 0 Å². The highest BCUT2D eigenvalue weighted by Gasteiger charge is 2.34. The molecule has 0 aromatic heterocycles. The maximum absolute atomic E-state index is 12.4. The molecule has 1 aliphatic heterocycles. The summed E-state index contributed by atoms with van der Waals surface area (Å²) in [5, 5.41) is 3.40. The minimum absolute atomic E-state index is 0.0881. The zero-order valence-electron chi connectivity index (χ0n) is 9.82. The lowest BCUT2D eigenvalue weighted by atomic mass is 9.79. The van der Waals surface area contributed by atoms with Gasteiger partial charge in [0.25, 0.3) is 0 Å². The Balaban J connectivity index is 1.83. The molecule has 3 heteroatoms. The van der Waals surface area contributed by atoms with Crippen LogP contribution in [0, 0.1) is 5.92 Å². The summed E-state index contributed by atoms with van der Waals surface area (Å²) in [5.74, 6) is 0.375. The van der Waals surface area contributed by atoms with E-state index in [4.69, 9.17) is 4.74 Å². The van der Waals surface area contributed by atoms with Crippen LogP contribution in [0.3, 0.4) is 0 Å². The van der Waals surface area contributed by atoms with E-state index >= 15 is 0 Å². The summed E-state index contributed by atoms with van der Waals surface area (Å²) in [6.07, 6.45) is 1.95. The Morgan fingerprint density at radius 2 is 2.18 bits per heavy atom. The van der Waals surface area contributed by atoms with E-state index in [2.05, 4.69) is 11.4 Å². The summed E-state index contributed by atoms with van der Waals surface area (Å²) in [6.45, 7) is 2.28. The maximum atomic E-state index is 12.4. The van der Waals surface area contributed by atoms with E-state index in [1.165, 1.54) is 5.56 Å². The van der Waals surface area contributed by atoms with Crippen molar-refractivity contribution in [2.75, 3.05) is 19.8 Å². The van der Waals surface area contributed by atoms with Gasteiger partial charge in [0.05, 0.1) is 13.2 Å². The first-order valence-corrected chi connectivity index (χ1v) is 6.29. The normalized spacial score (nSPS) is 28.8. The third-order valence-electron chi connectivity index (χ3n) is 3.78. The van der Waals surface area contributed by atoms with Gasteiger partial charge in [0.2, 0.25) is 0 Å². The topological polar surface area (TPSA) is 38.3 Å². The van der Waals surface area contributed by atoms with Crippen LogP contribution in [0.15, 0.2) is 24.3 Å². The Bertz CT molecular complexity index is 424. The maximum Gasteiger partial charge on any atom is 0.167 e. The van der Waals surface area contributed by atoms with Crippen LogP contribution in [-0.4, -0.2) is 31.6 Å². The van der Waals surface area contributed by atoms with Crippen LogP contribution >= 0.6 is 0 Å². The number of morpholine rings is 1. The molecule has 90 valence electrons. The molecular weight excluding hydrogens is 214 g/mol. The molecule has 0 spiro atoms. The van der Waals surface area contributed by atoms with Crippen molar-refractivity contribution in [3.05, 3.63) is 35.4 Å². The first-order valence-electron chi connectivity index (χ1n) is 6.29. The number of rotatable bonds is 1. The molecule has 2 atom stereocenters. The fourth-order valence-electron chi connectivity index (χ4n) is 2.85. The van der Waals surface area contributed by atoms with Crippen LogP contribution in [0.5, 0.6) is 0 Å². The first-order chi connectivity index (χ1) is 8.36. The molecule has 2 aliphatic rings. The van der Waals surface area contributed by atoms with Crippen molar-refractivity contribution >= 4 is 5.78 Å². The van der Waals surface area contributed by atoms with Gasteiger partial charge in [-0.1, -0.05) is 24.3 Å². The van der Waals surface area contributed by atoms with E-state index in [1.54, 1.807) is 0 Å². The number of benzene rings is 1. The molecule has 0 amide bonds. The zero-order chi connectivity index (χ0) is 11.7. The minimum atomic E-state index is 0.0881. The van der Waals surface area contributed by atoms with E-state index in [0.29, 0.717) is 6.61 Å². The average molecular weight is 231 g/mol. The van der Waals surface area contributed by atoms with E-state index in [-0.39, 0.29) is 17.7 Å². The second kappa shape index (κ2) is 4.59. The van der Waals surface area contributed by atoms with Crippen molar-refractivity contribution in [3.63, 3.8) is 0 Å². The van der Waals surface area contributed by atoms with Crippen molar-refractivity contribution in [2.24, 2.45) is 5.92 Å². The van der Waals surface area contributed by atoms with Gasteiger partial charge in [-0.15, -0.1) is 0 Å². The predicted octanol–water partition coefficient (Wildman–Crippen LogP) is 1.42. The Morgan fingerprint density at radius 3 is 3.00 bits per heavy atom. The van der Waals surface area contributed by atoms with Crippen molar-refractivity contribution in [3.8, 4) is 0 Å². The third-order valence-corrected chi connectivity index (χ3v) is 3.78. The van der Waals surface area contributed by atoms with E-state index in [0.717, 1.165) is 31.6 Å². The summed E-state index contributed by atoms with van der Waals surface area (Å²) in [7, 11) is 0. The molecule has 1 aromatic carbocycles. The smallest absolute Gasteiger partial charge is 0.167 e. The number of Topliss-reactive ketones (excluding diaryl/α,β-unsaturated/α-hetero) is 1. The summed E-state index contributed by atoms with van der Waals surface area (Å²) < 4.78 is 5.46. The van der Waals surface area contributed by atoms with Crippen molar-refractivity contribution in [1.82, 2.24) is 5.32 Å². The van der Waals surface area contributed by atoms with E-state index in [1.807, 2.05) is 18.2 Å². The highest BCUT2D eigenvalue weighted by atomic mass is 16.5. The number of carbonyl (C=O) groups excluding carboxylic acids is 1. The van der Waals surface area contributed by atoms with Crippen molar-refractivity contribution in [2.45, 2.75) is 18.9 Å². The molecule has 1 N–H and O–H groups in total. The molecule has 1 aromatic rings. The van der Waals surface area contributed by atoms with Gasteiger partial charge in [-0.3, -0.25) is 4.79 Å². The number of hydrogen-bond acceptors (Lipinski definition) is 3. The molecule has 17 heavy (non-hydrogen) atoms. The van der Waals surface area contributed by atoms with Crippen LogP contribution < -0.4 is 5.32 Å². The van der Waals surface area contributed by atoms with E-state index < -0.39 is 0 Å². The second-order valence-corrected chi connectivity index (χ2v) is 4.80. The largest absolute Gasteiger partial charge is 0.378 e. The summed E-state index contributed by atoms with van der Waals surface area (Å²) in [5.41, 5.74) is 2.11. The molecule has 0 radical (unpaired) electrons. The molecule has 1 heterocycles. The predicted molar refractivity (Wildman–Crippen MR) is 65.2 cm³/mol. The number of ketones is 1. The fourth-order valence-corrected chi connectivity index (χ4v) is 2.85. The summed E-state index contributed by atoms with van der Waals surface area (Å²) in [6, 6.07) is 8.17. The number of aryl methyl sites for hydroxylation is 1. The van der Waals surface area contributed by atoms with Gasteiger partial charge in [0.1, 0.15) is 0 Å². The molecule has 0 bridgehead atoms. The Hall–Kier alpha value is -1.19. The van der Waals surface area contributed by atoms with Gasteiger partial charge in [-0.2, -0.15) is 0 Å². The number of hydrogen-bond donors (Lipinski definition) is 1. The number of nitrogens with one attached hydrogen (secondary N) is 1. The van der Waals surface area contributed by atoms with Gasteiger partial charge in [-0.25, -0.2) is 0 Å². The Morgan fingerprint density at radius 1 is 1.29 bits per heavy atom. The van der Waals surface area contributed by atoms with Gasteiger partial charge in [-0.05, 0) is 18.4 Å². The molecule has 0 saturated carbocycles. The number of carbonyl (C=O) groups is 1. The highest BCUT2D eigenvalue weighted by Crippen LogP contribution is 2.28. The highest BCUT2D eigenvalue weighted by molar-refractivity contribution is 6.00. The SMILES string of the molecule is O=C1c2ccccc2CCC1C1COCCN1. The van der Waals surface area contributed by atoms with E-state index in [9.17, 15) is 4.79 Å². The van der Waals surface area contributed by atoms with Crippen molar-refractivity contribution in [1.29, 1.82) is 0 Å². The van der Waals surface area contributed by atoms with Crippen LogP contribution in [0.4, 0.5) is 0 Å².